The van der Waals surface area contributed by atoms with Crippen molar-refractivity contribution >= 4 is 17.4 Å². The highest BCUT2D eigenvalue weighted by molar-refractivity contribution is 7.99. The lowest BCUT2D eigenvalue weighted by atomic mass is 9.87. The second-order valence-corrected chi connectivity index (χ2v) is 7.06. The third-order valence-electron chi connectivity index (χ3n) is 3.36. The van der Waals surface area contributed by atoms with Crippen molar-refractivity contribution in [3.8, 4) is 0 Å². The van der Waals surface area contributed by atoms with Gasteiger partial charge in [0.15, 0.2) is 0 Å². The zero-order chi connectivity index (χ0) is 14.9. The highest BCUT2D eigenvalue weighted by Gasteiger charge is 2.15. The first-order valence-corrected chi connectivity index (χ1v) is 7.76. The van der Waals surface area contributed by atoms with Gasteiger partial charge in [0.2, 0.25) is 0 Å². The monoisotopic (exact) mass is 289 g/mol. The maximum absolute atomic E-state index is 6.12. The standard InChI is InChI=1S/C16H23N3S/c1-6-19-15(14(17)11(2)18-19)20-13-9-7-12(8-10-13)16(3,4)5/h7-10H,6,17H2,1-5H3. The van der Waals surface area contributed by atoms with Crippen molar-refractivity contribution in [3.05, 3.63) is 35.5 Å². The fraction of sp³-hybridized carbons (Fsp3) is 0.438. The molecular weight excluding hydrogens is 266 g/mol. The molecule has 2 rings (SSSR count). The molecule has 0 saturated heterocycles. The second-order valence-electron chi connectivity index (χ2n) is 6.00. The van der Waals surface area contributed by atoms with Crippen LogP contribution in [-0.4, -0.2) is 9.78 Å². The Balaban J connectivity index is 2.27. The largest absolute Gasteiger partial charge is 0.395 e. The maximum atomic E-state index is 6.12. The minimum absolute atomic E-state index is 0.185. The fourth-order valence-corrected chi connectivity index (χ4v) is 3.06. The molecule has 0 bridgehead atoms. The van der Waals surface area contributed by atoms with Crippen LogP contribution in [0.4, 0.5) is 5.69 Å². The molecule has 0 saturated carbocycles. The molecule has 3 nitrogen and oxygen atoms in total. The third kappa shape index (κ3) is 3.01. The Morgan fingerprint density at radius 1 is 1.20 bits per heavy atom. The molecule has 2 N–H and O–H groups in total. The van der Waals surface area contributed by atoms with E-state index in [1.54, 1.807) is 11.8 Å². The summed E-state index contributed by atoms with van der Waals surface area (Å²) in [5.41, 5.74) is 9.34. The van der Waals surface area contributed by atoms with Crippen molar-refractivity contribution in [2.75, 3.05) is 5.73 Å². The first kappa shape index (κ1) is 15.0. The van der Waals surface area contributed by atoms with Crippen LogP contribution in [0.3, 0.4) is 0 Å². The molecule has 1 aromatic carbocycles. The number of nitrogens with zero attached hydrogens (tertiary/aromatic N) is 2. The molecule has 0 atom stereocenters. The quantitative estimate of drug-likeness (QED) is 0.919. The molecule has 1 heterocycles. The first-order valence-electron chi connectivity index (χ1n) is 6.94. The summed E-state index contributed by atoms with van der Waals surface area (Å²) in [6.45, 7) is 11.5. The molecule has 0 aliphatic carbocycles. The number of aryl methyl sites for hydroxylation is 2. The lowest BCUT2D eigenvalue weighted by molar-refractivity contribution is 0.589. The van der Waals surface area contributed by atoms with Gasteiger partial charge < -0.3 is 5.73 Å². The number of aromatic nitrogens is 2. The Bertz CT molecular complexity index is 591. The molecule has 108 valence electrons. The van der Waals surface area contributed by atoms with Crippen LogP contribution in [0.5, 0.6) is 0 Å². The summed E-state index contributed by atoms with van der Waals surface area (Å²) in [5.74, 6) is 0. The third-order valence-corrected chi connectivity index (χ3v) is 4.49. The Morgan fingerprint density at radius 2 is 1.80 bits per heavy atom. The minimum atomic E-state index is 0.185. The van der Waals surface area contributed by atoms with Gasteiger partial charge >= 0.3 is 0 Å². The molecule has 0 radical (unpaired) electrons. The van der Waals surface area contributed by atoms with Gasteiger partial charge in [-0.25, -0.2) is 0 Å². The lowest BCUT2D eigenvalue weighted by Crippen LogP contribution is -2.10. The van der Waals surface area contributed by atoms with Gasteiger partial charge in [-0.15, -0.1) is 0 Å². The van der Waals surface area contributed by atoms with Gasteiger partial charge in [0, 0.05) is 11.4 Å². The Morgan fingerprint density at radius 3 is 2.30 bits per heavy atom. The zero-order valence-corrected chi connectivity index (χ0v) is 13.7. The van der Waals surface area contributed by atoms with Crippen LogP contribution < -0.4 is 5.73 Å². The van der Waals surface area contributed by atoms with Gasteiger partial charge in [-0.05, 0) is 37.0 Å². The Hall–Kier alpha value is -1.42. The van der Waals surface area contributed by atoms with Gasteiger partial charge in [0.25, 0.3) is 0 Å². The molecule has 1 aromatic heterocycles. The van der Waals surface area contributed by atoms with Crippen LogP contribution in [0.1, 0.15) is 39.0 Å². The summed E-state index contributed by atoms with van der Waals surface area (Å²) < 4.78 is 1.97. The summed E-state index contributed by atoms with van der Waals surface area (Å²) in [6.07, 6.45) is 0. The lowest BCUT2D eigenvalue weighted by Gasteiger charge is -2.19. The average molecular weight is 289 g/mol. The zero-order valence-electron chi connectivity index (χ0n) is 12.9. The van der Waals surface area contributed by atoms with Crippen LogP contribution in [0.2, 0.25) is 0 Å². The molecule has 0 fully saturated rings. The predicted molar refractivity (Wildman–Crippen MR) is 86.3 cm³/mol. The molecule has 0 spiro atoms. The second kappa shape index (κ2) is 5.52. The highest BCUT2D eigenvalue weighted by atomic mass is 32.2. The molecule has 0 amide bonds. The minimum Gasteiger partial charge on any atom is -0.395 e. The van der Waals surface area contributed by atoms with Gasteiger partial charge in [0.1, 0.15) is 5.03 Å². The number of benzene rings is 1. The first-order chi connectivity index (χ1) is 9.32. The van der Waals surface area contributed by atoms with E-state index in [9.17, 15) is 0 Å². The fourth-order valence-electron chi connectivity index (χ4n) is 2.03. The van der Waals surface area contributed by atoms with E-state index in [2.05, 4.69) is 57.1 Å². The highest BCUT2D eigenvalue weighted by Crippen LogP contribution is 2.34. The summed E-state index contributed by atoms with van der Waals surface area (Å²) in [4.78, 5) is 1.19. The molecule has 2 aromatic rings. The topological polar surface area (TPSA) is 43.8 Å². The van der Waals surface area contributed by atoms with Gasteiger partial charge in [-0.3, -0.25) is 4.68 Å². The summed E-state index contributed by atoms with van der Waals surface area (Å²) in [5, 5.41) is 5.49. The van der Waals surface area contributed by atoms with E-state index in [0.29, 0.717) is 0 Å². The summed E-state index contributed by atoms with van der Waals surface area (Å²) in [6, 6.07) is 8.70. The van der Waals surface area contributed by atoms with Crippen molar-refractivity contribution < 1.29 is 0 Å². The van der Waals surface area contributed by atoms with Crippen LogP contribution in [0.15, 0.2) is 34.2 Å². The normalized spacial score (nSPS) is 11.8. The van der Waals surface area contributed by atoms with Crippen molar-refractivity contribution in [1.29, 1.82) is 0 Å². The van der Waals surface area contributed by atoms with Gasteiger partial charge in [-0.2, -0.15) is 5.10 Å². The molecule has 0 aliphatic heterocycles. The van der Waals surface area contributed by atoms with Gasteiger partial charge in [0.05, 0.1) is 11.4 Å². The molecular formula is C16H23N3S. The van der Waals surface area contributed by atoms with E-state index in [-0.39, 0.29) is 5.41 Å². The van der Waals surface area contributed by atoms with E-state index >= 15 is 0 Å². The number of hydrogen-bond donors (Lipinski definition) is 1. The van der Waals surface area contributed by atoms with E-state index in [0.717, 1.165) is 23.0 Å². The molecule has 4 heteroatoms. The smallest absolute Gasteiger partial charge is 0.122 e. The Kier molecular flexibility index (Phi) is 4.14. The summed E-state index contributed by atoms with van der Waals surface area (Å²) >= 11 is 1.68. The number of hydrogen-bond acceptors (Lipinski definition) is 3. The average Bonchev–Trinajstić information content (AvgIpc) is 2.66. The SMILES string of the molecule is CCn1nc(C)c(N)c1Sc1ccc(C(C)(C)C)cc1. The number of nitrogens with two attached hydrogens (primary N) is 1. The van der Waals surface area contributed by atoms with E-state index < -0.39 is 0 Å². The van der Waals surface area contributed by atoms with Crippen molar-refractivity contribution in [1.82, 2.24) is 9.78 Å². The van der Waals surface area contributed by atoms with Crippen molar-refractivity contribution in [2.45, 2.75) is 56.5 Å². The van der Waals surface area contributed by atoms with E-state index in [4.69, 9.17) is 5.73 Å². The summed E-state index contributed by atoms with van der Waals surface area (Å²) in [7, 11) is 0. The van der Waals surface area contributed by atoms with Crippen LogP contribution in [0, 0.1) is 6.92 Å². The number of rotatable bonds is 3. The predicted octanol–water partition coefficient (Wildman–Crippen LogP) is 4.24. The molecule has 0 aliphatic rings. The molecule has 0 unspecified atom stereocenters. The van der Waals surface area contributed by atoms with E-state index in [1.807, 2.05) is 11.6 Å². The van der Waals surface area contributed by atoms with Crippen molar-refractivity contribution in [3.63, 3.8) is 0 Å². The maximum Gasteiger partial charge on any atom is 0.122 e. The number of anilines is 1. The van der Waals surface area contributed by atoms with Gasteiger partial charge in [-0.1, -0.05) is 44.7 Å². The Labute approximate surface area is 125 Å². The van der Waals surface area contributed by atoms with Crippen molar-refractivity contribution in [2.24, 2.45) is 0 Å². The number of nitrogen functional groups attached to an aromatic ring is 1. The van der Waals surface area contributed by atoms with Crippen LogP contribution >= 0.6 is 11.8 Å². The molecule has 20 heavy (non-hydrogen) atoms. The van der Waals surface area contributed by atoms with Crippen LogP contribution in [0.25, 0.3) is 0 Å². The van der Waals surface area contributed by atoms with E-state index in [1.165, 1.54) is 10.5 Å². The van der Waals surface area contributed by atoms with Crippen LogP contribution in [-0.2, 0) is 12.0 Å².